The van der Waals surface area contributed by atoms with Gasteiger partial charge >= 0.3 is 0 Å². The van der Waals surface area contributed by atoms with Gasteiger partial charge in [-0.05, 0) is 36.5 Å². The van der Waals surface area contributed by atoms with Gasteiger partial charge in [0, 0.05) is 25.6 Å². The number of nitriles is 1. The molecule has 1 aliphatic rings. The molecule has 0 unspecified atom stereocenters. The lowest BCUT2D eigenvalue weighted by atomic mass is 10.0. The third-order valence-electron chi connectivity index (χ3n) is 4.85. The fraction of sp³-hybridized carbons (Fsp3) is 0.389. The Hall–Kier alpha value is -2.10. The number of halogens is 1. The first-order valence-electron chi connectivity index (χ1n) is 8.49. The van der Waals surface area contributed by atoms with Gasteiger partial charge in [-0.2, -0.15) is 9.64 Å². The van der Waals surface area contributed by atoms with E-state index in [-0.39, 0.29) is 0 Å². The van der Waals surface area contributed by atoms with Crippen LogP contribution in [0.15, 0.2) is 24.3 Å². The van der Waals surface area contributed by atoms with Gasteiger partial charge < -0.3 is 9.47 Å². The highest BCUT2D eigenvalue weighted by Gasteiger charge is 2.27. The van der Waals surface area contributed by atoms with Crippen LogP contribution in [0.5, 0.6) is 0 Å². The third kappa shape index (κ3) is 2.78. The Kier molecular flexibility index (Phi) is 4.36. The van der Waals surface area contributed by atoms with Gasteiger partial charge in [0.15, 0.2) is 5.15 Å². The van der Waals surface area contributed by atoms with Crippen molar-refractivity contribution in [2.45, 2.75) is 32.2 Å². The van der Waals surface area contributed by atoms with E-state index in [2.05, 4.69) is 45.0 Å². The number of piperidine rings is 1. The number of fused-ring (bicyclic) bond motifs is 1. The lowest BCUT2D eigenvalue weighted by molar-refractivity contribution is 0.396. The lowest BCUT2D eigenvalue weighted by Gasteiger charge is -2.34. The van der Waals surface area contributed by atoms with Gasteiger partial charge in [0.05, 0.1) is 11.0 Å². The number of anilines is 1. The number of para-hydroxylation sites is 2. The van der Waals surface area contributed by atoms with Crippen molar-refractivity contribution >= 4 is 39.2 Å². The molecule has 0 spiro atoms. The van der Waals surface area contributed by atoms with Crippen molar-refractivity contribution in [2.24, 2.45) is 0 Å². The first-order chi connectivity index (χ1) is 12.2. The average Bonchev–Trinajstić information content (AvgIpc) is 3.21. The molecule has 0 aliphatic carbocycles. The van der Waals surface area contributed by atoms with Crippen LogP contribution in [0, 0.1) is 11.3 Å². The molecule has 0 radical (unpaired) electrons. The summed E-state index contributed by atoms with van der Waals surface area (Å²) in [6.07, 6.45) is 2.97. The number of aromatic nitrogens is 3. The fourth-order valence-corrected chi connectivity index (χ4v) is 4.73. The van der Waals surface area contributed by atoms with Crippen molar-refractivity contribution in [3.05, 3.63) is 40.8 Å². The summed E-state index contributed by atoms with van der Waals surface area (Å²) in [6, 6.07) is 11.0. The van der Waals surface area contributed by atoms with Crippen LogP contribution in [0.2, 0.25) is 5.15 Å². The van der Waals surface area contributed by atoms with Crippen molar-refractivity contribution in [1.29, 1.82) is 5.26 Å². The first-order valence-corrected chi connectivity index (χ1v) is 9.64. The molecule has 1 fully saturated rings. The highest BCUT2D eigenvalue weighted by atomic mass is 35.5. The smallest absolute Gasteiger partial charge is 0.162 e. The number of imidazole rings is 1. The quantitative estimate of drug-likeness (QED) is 0.683. The zero-order valence-corrected chi connectivity index (χ0v) is 15.5. The second-order valence-corrected chi connectivity index (χ2v) is 7.33. The highest BCUT2D eigenvalue weighted by Crippen LogP contribution is 2.36. The summed E-state index contributed by atoms with van der Waals surface area (Å²) in [5.41, 5.74) is 2.80. The average molecular weight is 372 g/mol. The van der Waals surface area contributed by atoms with E-state index in [0.29, 0.717) is 16.8 Å². The van der Waals surface area contributed by atoms with Crippen LogP contribution in [-0.4, -0.2) is 27.0 Å². The normalized spacial score (nSPS) is 15.6. The van der Waals surface area contributed by atoms with Crippen molar-refractivity contribution < 1.29 is 0 Å². The molecule has 0 N–H and O–H groups in total. The number of rotatable bonds is 3. The number of benzene rings is 1. The molecule has 1 aliphatic heterocycles. The second kappa shape index (κ2) is 6.66. The minimum Gasteiger partial charge on any atom is -0.361 e. The van der Waals surface area contributed by atoms with Crippen molar-refractivity contribution in [1.82, 2.24) is 13.9 Å². The largest absolute Gasteiger partial charge is 0.361 e. The van der Waals surface area contributed by atoms with Gasteiger partial charge in [0.1, 0.15) is 22.5 Å². The summed E-state index contributed by atoms with van der Waals surface area (Å²) in [4.78, 5) is 7.03. The summed E-state index contributed by atoms with van der Waals surface area (Å²) in [7, 11) is 0. The minimum atomic E-state index is 0.318. The maximum Gasteiger partial charge on any atom is 0.162 e. The first kappa shape index (κ1) is 16.4. The molecule has 3 aromatic rings. The van der Waals surface area contributed by atoms with Gasteiger partial charge in [-0.25, -0.2) is 4.98 Å². The fourth-order valence-electron chi connectivity index (χ4n) is 3.65. The van der Waals surface area contributed by atoms with Gasteiger partial charge in [-0.3, -0.25) is 0 Å². The van der Waals surface area contributed by atoms with Crippen LogP contribution < -0.4 is 4.90 Å². The van der Waals surface area contributed by atoms with E-state index >= 15 is 0 Å². The molecule has 0 bridgehead atoms. The van der Waals surface area contributed by atoms with E-state index < -0.39 is 0 Å². The molecule has 3 heterocycles. The Morgan fingerprint density at radius 2 is 2.08 bits per heavy atom. The molecule has 2 aromatic heterocycles. The number of hydrogen-bond acceptors (Lipinski definition) is 5. The number of hydrogen-bond donors (Lipinski definition) is 0. The molecule has 4 rings (SSSR count). The zero-order chi connectivity index (χ0) is 17.4. The minimum absolute atomic E-state index is 0.318. The molecule has 128 valence electrons. The van der Waals surface area contributed by atoms with Crippen molar-refractivity contribution in [3.8, 4) is 6.07 Å². The number of aryl methyl sites for hydroxylation is 1. The van der Waals surface area contributed by atoms with Crippen molar-refractivity contribution in [3.63, 3.8) is 0 Å². The summed E-state index contributed by atoms with van der Waals surface area (Å²) in [5, 5.41) is 10.5. The predicted octanol–water partition coefficient (Wildman–Crippen LogP) is 4.42. The highest BCUT2D eigenvalue weighted by molar-refractivity contribution is 7.10. The Morgan fingerprint density at radius 3 is 2.80 bits per heavy atom. The van der Waals surface area contributed by atoms with Crippen LogP contribution in [0.25, 0.3) is 11.0 Å². The van der Waals surface area contributed by atoms with E-state index in [1.807, 2.05) is 6.07 Å². The topological polar surface area (TPSA) is 57.7 Å². The Labute approximate surface area is 155 Å². The maximum atomic E-state index is 9.30. The second-order valence-electron chi connectivity index (χ2n) is 6.22. The van der Waals surface area contributed by atoms with Crippen LogP contribution >= 0.6 is 23.1 Å². The molecular formula is C18H18ClN5S. The Morgan fingerprint density at radius 1 is 1.32 bits per heavy atom. The lowest BCUT2D eigenvalue weighted by Crippen LogP contribution is -2.35. The third-order valence-corrected chi connectivity index (χ3v) is 6.13. The maximum absolute atomic E-state index is 9.30. The van der Waals surface area contributed by atoms with E-state index in [9.17, 15) is 5.26 Å². The van der Waals surface area contributed by atoms with Crippen LogP contribution in [-0.2, 0) is 6.42 Å². The molecule has 0 saturated carbocycles. The molecule has 25 heavy (non-hydrogen) atoms. The monoisotopic (exact) mass is 371 g/mol. The van der Waals surface area contributed by atoms with E-state index in [1.165, 1.54) is 17.0 Å². The number of nitrogens with zero attached hydrogens (tertiary/aromatic N) is 5. The molecular weight excluding hydrogens is 354 g/mol. The molecule has 1 aromatic carbocycles. The molecule has 7 heteroatoms. The molecule has 1 saturated heterocycles. The molecule has 5 nitrogen and oxygen atoms in total. The standard InChI is InChI=1S/C18H18ClN5S/c1-2-16-21-14-5-3-4-6-15(14)24(16)12-7-9-23(10-8-12)18-13(11-20)17(19)22-25-18/h3-6,12H,2,7-10H2,1H3. The summed E-state index contributed by atoms with van der Waals surface area (Å²) < 4.78 is 6.54. The zero-order valence-electron chi connectivity index (χ0n) is 13.9. The van der Waals surface area contributed by atoms with Gasteiger partial charge in [0.25, 0.3) is 0 Å². The summed E-state index contributed by atoms with van der Waals surface area (Å²) in [5.74, 6) is 1.15. The van der Waals surface area contributed by atoms with E-state index in [4.69, 9.17) is 16.6 Å². The van der Waals surface area contributed by atoms with Crippen LogP contribution in [0.3, 0.4) is 0 Å². The van der Waals surface area contributed by atoms with Gasteiger partial charge in [-0.15, -0.1) is 0 Å². The van der Waals surface area contributed by atoms with Gasteiger partial charge in [0.2, 0.25) is 0 Å². The van der Waals surface area contributed by atoms with E-state index in [1.54, 1.807) is 0 Å². The summed E-state index contributed by atoms with van der Waals surface area (Å²) >= 11 is 7.34. The van der Waals surface area contributed by atoms with Crippen LogP contribution in [0.4, 0.5) is 5.00 Å². The predicted molar refractivity (Wildman–Crippen MR) is 101 cm³/mol. The van der Waals surface area contributed by atoms with Crippen molar-refractivity contribution in [2.75, 3.05) is 18.0 Å². The van der Waals surface area contributed by atoms with Crippen LogP contribution in [0.1, 0.15) is 37.2 Å². The molecule has 0 atom stereocenters. The Bertz CT molecular complexity index is 946. The summed E-state index contributed by atoms with van der Waals surface area (Å²) in [6.45, 7) is 3.95. The molecule has 0 amide bonds. The SMILES string of the molecule is CCc1nc2ccccc2n1C1CCN(c2snc(Cl)c2C#N)CC1. The van der Waals surface area contributed by atoms with E-state index in [0.717, 1.165) is 48.7 Å². The Balaban J connectivity index is 1.59. The van der Waals surface area contributed by atoms with Gasteiger partial charge in [-0.1, -0.05) is 30.7 Å².